The van der Waals surface area contributed by atoms with Crippen LogP contribution < -0.4 is 4.74 Å². The molecule has 120 valence electrons. The molecule has 0 amide bonds. The predicted octanol–water partition coefficient (Wildman–Crippen LogP) is 2.48. The molecule has 21 heavy (non-hydrogen) atoms. The first kappa shape index (κ1) is 20.9. The van der Waals surface area contributed by atoms with Gasteiger partial charge in [-0.3, -0.25) is 0 Å². The van der Waals surface area contributed by atoms with Crippen molar-refractivity contribution in [1.82, 2.24) is 0 Å². The molecule has 1 aromatic rings. The minimum absolute atomic E-state index is 0.639. The first-order chi connectivity index (χ1) is 9.44. The lowest BCUT2D eigenvalue weighted by molar-refractivity contribution is -0.104. The first-order valence-corrected chi connectivity index (χ1v) is 7.93. The number of benzene rings is 1. The minimum atomic E-state index is -2.17. The maximum Gasteiger partial charge on any atom is 0.631 e. The molecule has 1 atom stereocenters. The Morgan fingerprint density at radius 3 is 1.76 bits per heavy atom. The van der Waals surface area contributed by atoms with Crippen LogP contribution in [0, 0.1) is 0 Å². The number of halogens is 2. The van der Waals surface area contributed by atoms with Crippen molar-refractivity contribution < 1.29 is 24.9 Å². The van der Waals surface area contributed by atoms with Crippen LogP contribution in [0.2, 0.25) is 0 Å². The predicted molar refractivity (Wildman–Crippen MR) is 89.9 cm³/mol. The highest BCUT2D eigenvalue weighted by Crippen LogP contribution is 2.39. The molecule has 1 aromatic carbocycles. The second kappa shape index (κ2) is 8.50. The van der Waals surface area contributed by atoms with E-state index in [-0.39, 0.29) is 0 Å². The van der Waals surface area contributed by atoms with Gasteiger partial charge in [-0.15, -0.1) is 0 Å². The fourth-order valence-electron chi connectivity index (χ4n) is 1.43. The standard InChI is InChI=1S/C13H18Br2O2.BH3O3/c1-5-13(4,12(2,3)16)17-11-9(14)7-6-8-10(11)15;2-1(3)4/h6-8,16H,5H2,1-4H3;2-4H. The Labute approximate surface area is 142 Å². The normalized spacial score (nSPS) is 13.8. The average molecular weight is 428 g/mol. The Hall–Kier alpha value is -0.115. The van der Waals surface area contributed by atoms with Gasteiger partial charge in [-0.25, -0.2) is 0 Å². The zero-order valence-electron chi connectivity index (χ0n) is 12.5. The van der Waals surface area contributed by atoms with Crippen molar-refractivity contribution in [3.05, 3.63) is 27.1 Å². The van der Waals surface area contributed by atoms with Gasteiger partial charge in [0.1, 0.15) is 11.4 Å². The summed E-state index contributed by atoms with van der Waals surface area (Å²) in [5.41, 5.74) is -1.56. The molecule has 8 heteroatoms. The maximum atomic E-state index is 10.2. The zero-order chi connectivity index (χ0) is 16.8. The summed E-state index contributed by atoms with van der Waals surface area (Å²) < 4.78 is 7.78. The largest absolute Gasteiger partial charge is 0.631 e. The zero-order valence-corrected chi connectivity index (χ0v) is 15.6. The van der Waals surface area contributed by atoms with Crippen LogP contribution in [0.3, 0.4) is 0 Å². The third-order valence-electron chi connectivity index (χ3n) is 3.22. The van der Waals surface area contributed by atoms with Crippen molar-refractivity contribution >= 4 is 39.2 Å². The molecule has 0 heterocycles. The summed E-state index contributed by atoms with van der Waals surface area (Å²) in [6.45, 7) is 7.45. The lowest BCUT2D eigenvalue weighted by atomic mass is 9.85. The van der Waals surface area contributed by atoms with Gasteiger partial charge in [0.15, 0.2) is 0 Å². The highest BCUT2D eigenvalue weighted by Gasteiger charge is 2.41. The van der Waals surface area contributed by atoms with E-state index in [2.05, 4.69) is 31.9 Å². The van der Waals surface area contributed by atoms with E-state index < -0.39 is 18.5 Å². The van der Waals surface area contributed by atoms with E-state index in [1.807, 2.05) is 32.0 Å². The van der Waals surface area contributed by atoms with Crippen LogP contribution in [-0.2, 0) is 0 Å². The molecule has 5 nitrogen and oxygen atoms in total. The van der Waals surface area contributed by atoms with Crippen LogP contribution in [0.15, 0.2) is 27.1 Å². The van der Waals surface area contributed by atoms with Gasteiger partial charge in [-0.2, -0.15) is 0 Å². The Morgan fingerprint density at radius 2 is 1.48 bits per heavy atom. The van der Waals surface area contributed by atoms with Crippen molar-refractivity contribution in [3.8, 4) is 5.75 Å². The Morgan fingerprint density at radius 1 is 1.10 bits per heavy atom. The molecular formula is C13H21BBr2O5. The van der Waals surface area contributed by atoms with Crippen LogP contribution in [0.1, 0.15) is 34.1 Å². The second-order valence-electron chi connectivity index (χ2n) is 5.14. The Balaban J connectivity index is 0.000000885. The molecule has 0 aliphatic rings. The highest BCUT2D eigenvalue weighted by atomic mass is 79.9. The molecule has 0 aliphatic heterocycles. The summed E-state index contributed by atoms with van der Waals surface area (Å²) in [6.07, 6.45) is 0.713. The van der Waals surface area contributed by atoms with Crippen LogP contribution in [0.25, 0.3) is 0 Å². The van der Waals surface area contributed by atoms with Crippen LogP contribution in [0.5, 0.6) is 5.75 Å². The third-order valence-corrected chi connectivity index (χ3v) is 4.46. The fourth-order valence-corrected chi connectivity index (χ4v) is 2.60. The van der Waals surface area contributed by atoms with Gasteiger partial charge in [0, 0.05) is 0 Å². The summed E-state index contributed by atoms with van der Waals surface area (Å²) in [4.78, 5) is 0. The van der Waals surface area contributed by atoms with Gasteiger partial charge in [-0.1, -0.05) is 13.0 Å². The molecule has 0 aliphatic carbocycles. The van der Waals surface area contributed by atoms with Crippen molar-refractivity contribution in [3.63, 3.8) is 0 Å². The summed E-state index contributed by atoms with van der Waals surface area (Å²) in [6, 6.07) is 5.76. The monoisotopic (exact) mass is 426 g/mol. The quantitative estimate of drug-likeness (QED) is 0.554. The lowest BCUT2D eigenvalue weighted by Crippen LogP contribution is -2.51. The number of aliphatic hydroxyl groups is 1. The fraction of sp³-hybridized carbons (Fsp3) is 0.538. The molecule has 4 N–H and O–H groups in total. The summed E-state index contributed by atoms with van der Waals surface area (Å²) in [7, 11) is -2.17. The molecule has 0 saturated carbocycles. The van der Waals surface area contributed by atoms with E-state index in [1.54, 1.807) is 13.8 Å². The molecule has 0 aromatic heterocycles. The van der Waals surface area contributed by atoms with E-state index in [1.165, 1.54) is 0 Å². The molecule has 0 fully saturated rings. The van der Waals surface area contributed by atoms with Crippen LogP contribution >= 0.6 is 31.9 Å². The number of hydrogen-bond acceptors (Lipinski definition) is 5. The van der Waals surface area contributed by atoms with E-state index >= 15 is 0 Å². The van der Waals surface area contributed by atoms with E-state index in [0.717, 1.165) is 14.7 Å². The molecule has 1 rings (SSSR count). The summed E-state index contributed by atoms with van der Waals surface area (Å²) in [5.74, 6) is 0.721. The van der Waals surface area contributed by atoms with Gasteiger partial charge in [0.2, 0.25) is 0 Å². The summed E-state index contributed by atoms with van der Waals surface area (Å²) in [5, 5.41) is 31.7. The smallest absolute Gasteiger partial charge is 0.482 e. The molecule has 0 bridgehead atoms. The van der Waals surface area contributed by atoms with Crippen LogP contribution in [0.4, 0.5) is 0 Å². The first-order valence-electron chi connectivity index (χ1n) is 6.34. The second-order valence-corrected chi connectivity index (χ2v) is 6.85. The molecule has 0 saturated heterocycles. The number of ether oxygens (including phenoxy) is 1. The van der Waals surface area contributed by atoms with Gasteiger partial charge in [-0.05, 0) is 71.2 Å². The molecule has 0 radical (unpaired) electrons. The molecule has 1 unspecified atom stereocenters. The van der Waals surface area contributed by atoms with Gasteiger partial charge in [0.25, 0.3) is 0 Å². The Bertz CT molecular complexity index is 428. The third kappa shape index (κ3) is 6.67. The minimum Gasteiger partial charge on any atom is -0.482 e. The molecular weight excluding hydrogens is 407 g/mol. The number of para-hydroxylation sites is 1. The number of hydrogen-bond donors (Lipinski definition) is 4. The van der Waals surface area contributed by atoms with Crippen molar-refractivity contribution in [2.75, 3.05) is 0 Å². The topological polar surface area (TPSA) is 90.2 Å². The van der Waals surface area contributed by atoms with Crippen molar-refractivity contribution in [1.29, 1.82) is 0 Å². The van der Waals surface area contributed by atoms with Crippen molar-refractivity contribution in [2.45, 2.75) is 45.3 Å². The number of rotatable bonds is 4. The van der Waals surface area contributed by atoms with E-state index in [9.17, 15) is 5.11 Å². The lowest BCUT2D eigenvalue weighted by Gasteiger charge is -2.40. The SMILES string of the molecule is CCC(C)(Oc1c(Br)cccc1Br)C(C)(C)O.OB(O)O. The van der Waals surface area contributed by atoms with E-state index in [0.29, 0.717) is 6.42 Å². The molecule has 0 spiro atoms. The van der Waals surface area contributed by atoms with E-state index in [4.69, 9.17) is 19.8 Å². The van der Waals surface area contributed by atoms with Gasteiger partial charge in [0.05, 0.1) is 14.5 Å². The van der Waals surface area contributed by atoms with Crippen LogP contribution in [-0.4, -0.2) is 38.7 Å². The van der Waals surface area contributed by atoms with Crippen molar-refractivity contribution in [2.24, 2.45) is 0 Å². The highest BCUT2D eigenvalue weighted by molar-refractivity contribution is 9.11. The Kier molecular flexibility index (Phi) is 8.45. The average Bonchev–Trinajstić information content (AvgIpc) is 2.31. The summed E-state index contributed by atoms with van der Waals surface area (Å²) >= 11 is 6.92. The van der Waals surface area contributed by atoms with Gasteiger partial charge < -0.3 is 24.9 Å². The maximum absolute atomic E-state index is 10.2. The van der Waals surface area contributed by atoms with Gasteiger partial charge >= 0.3 is 7.32 Å².